The lowest BCUT2D eigenvalue weighted by Crippen LogP contribution is -2.45. The highest BCUT2D eigenvalue weighted by molar-refractivity contribution is 5.83. The number of amides is 2. The van der Waals surface area contributed by atoms with E-state index >= 15 is 0 Å². The molecule has 1 saturated heterocycles. The molecule has 24 heavy (non-hydrogen) atoms. The fourth-order valence-corrected chi connectivity index (χ4v) is 2.89. The molecule has 1 aromatic rings. The van der Waals surface area contributed by atoms with Gasteiger partial charge in [0.2, 0.25) is 11.8 Å². The summed E-state index contributed by atoms with van der Waals surface area (Å²) >= 11 is 0. The minimum atomic E-state index is -0.0767. The van der Waals surface area contributed by atoms with Crippen LogP contribution in [0.2, 0.25) is 0 Å². The van der Waals surface area contributed by atoms with Crippen LogP contribution in [0.5, 0.6) is 0 Å². The van der Waals surface area contributed by atoms with Gasteiger partial charge in [-0.2, -0.15) is 0 Å². The summed E-state index contributed by atoms with van der Waals surface area (Å²) in [6.07, 6.45) is 3.66. The first-order valence-electron chi connectivity index (χ1n) is 8.63. The van der Waals surface area contributed by atoms with E-state index in [9.17, 15) is 9.59 Å². The molecular formula is C18H28N2O4. The summed E-state index contributed by atoms with van der Waals surface area (Å²) in [6.45, 7) is 7.94. The largest absolute Gasteiger partial charge is 0.467 e. The normalized spacial score (nSPS) is 17.2. The van der Waals surface area contributed by atoms with Crippen molar-refractivity contribution in [3.8, 4) is 0 Å². The maximum absolute atomic E-state index is 12.8. The molecule has 1 atom stereocenters. The van der Waals surface area contributed by atoms with Gasteiger partial charge in [0.05, 0.1) is 25.5 Å². The van der Waals surface area contributed by atoms with Crippen LogP contribution in [0.15, 0.2) is 22.8 Å². The summed E-state index contributed by atoms with van der Waals surface area (Å²) in [5.41, 5.74) is 0. The Bertz CT molecular complexity index is 521. The highest BCUT2D eigenvalue weighted by Crippen LogP contribution is 2.16. The topological polar surface area (TPSA) is 63.0 Å². The second-order valence-electron chi connectivity index (χ2n) is 6.78. The molecule has 0 unspecified atom stereocenters. The molecule has 2 heterocycles. The maximum Gasteiger partial charge on any atom is 0.242 e. The molecule has 0 spiro atoms. The standard InChI is InChI=1S/C18H28N2O4/c1-14(2)10-19(15(3)21)13-18(22)20(11-16-6-4-8-23-16)12-17-7-5-9-24-17/h4,6,8,14,17H,5,7,9-13H2,1-3H3/t17-/m1/s1. The third kappa shape index (κ3) is 5.67. The van der Waals surface area contributed by atoms with Gasteiger partial charge in [-0.3, -0.25) is 9.59 Å². The average molecular weight is 336 g/mol. The van der Waals surface area contributed by atoms with Gasteiger partial charge in [-0.05, 0) is 30.9 Å². The first-order valence-corrected chi connectivity index (χ1v) is 8.63. The lowest BCUT2D eigenvalue weighted by atomic mass is 10.2. The number of carbonyl (C=O) groups excluding carboxylic acids is 2. The highest BCUT2D eigenvalue weighted by Gasteiger charge is 2.25. The Balaban J connectivity index is 2.02. The summed E-state index contributed by atoms with van der Waals surface area (Å²) < 4.78 is 11.0. The quantitative estimate of drug-likeness (QED) is 0.731. The molecule has 0 N–H and O–H groups in total. The summed E-state index contributed by atoms with van der Waals surface area (Å²) in [7, 11) is 0. The van der Waals surface area contributed by atoms with Crippen molar-refractivity contribution in [3.63, 3.8) is 0 Å². The van der Waals surface area contributed by atoms with Crippen LogP contribution in [0.4, 0.5) is 0 Å². The van der Waals surface area contributed by atoms with Gasteiger partial charge in [-0.1, -0.05) is 13.8 Å². The van der Waals surface area contributed by atoms with Crippen molar-refractivity contribution in [1.29, 1.82) is 0 Å². The van der Waals surface area contributed by atoms with Crippen molar-refractivity contribution < 1.29 is 18.7 Å². The van der Waals surface area contributed by atoms with E-state index in [0.717, 1.165) is 25.2 Å². The van der Waals surface area contributed by atoms with Gasteiger partial charge >= 0.3 is 0 Å². The predicted molar refractivity (Wildman–Crippen MR) is 90.2 cm³/mol. The van der Waals surface area contributed by atoms with Crippen molar-refractivity contribution >= 4 is 11.8 Å². The van der Waals surface area contributed by atoms with Crippen LogP contribution >= 0.6 is 0 Å². The summed E-state index contributed by atoms with van der Waals surface area (Å²) in [5.74, 6) is 0.905. The minimum Gasteiger partial charge on any atom is -0.467 e. The van der Waals surface area contributed by atoms with Gasteiger partial charge < -0.3 is 19.0 Å². The van der Waals surface area contributed by atoms with Crippen LogP contribution in [-0.4, -0.2) is 54.0 Å². The maximum atomic E-state index is 12.8. The highest BCUT2D eigenvalue weighted by atomic mass is 16.5. The molecule has 1 aliphatic heterocycles. The monoisotopic (exact) mass is 336 g/mol. The van der Waals surface area contributed by atoms with Crippen LogP contribution in [0.3, 0.4) is 0 Å². The second kappa shape index (κ2) is 8.87. The summed E-state index contributed by atoms with van der Waals surface area (Å²) in [4.78, 5) is 27.9. The first kappa shape index (κ1) is 18.5. The lowest BCUT2D eigenvalue weighted by molar-refractivity contribution is -0.141. The molecule has 2 rings (SSSR count). The third-order valence-electron chi connectivity index (χ3n) is 4.08. The number of rotatable bonds is 8. The number of ether oxygens (including phenoxy) is 1. The SMILES string of the molecule is CC(=O)N(CC(=O)N(Cc1ccco1)C[C@H]1CCCO1)CC(C)C. The molecule has 1 fully saturated rings. The molecule has 1 aliphatic rings. The molecule has 6 nitrogen and oxygen atoms in total. The van der Waals surface area contributed by atoms with Crippen molar-refractivity contribution in [2.75, 3.05) is 26.2 Å². The van der Waals surface area contributed by atoms with E-state index in [2.05, 4.69) is 0 Å². The Labute approximate surface area is 143 Å². The van der Waals surface area contributed by atoms with Crippen molar-refractivity contribution in [2.24, 2.45) is 5.92 Å². The molecule has 0 aliphatic carbocycles. The minimum absolute atomic E-state index is 0.0692. The molecule has 0 aromatic carbocycles. The number of hydrogen-bond acceptors (Lipinski definition) is 4. The molecule has 0 radical (unpaired) electrons. The van der Waals surface area contributed by atoms with Gasteiger partial charge in [-0.25, -0.2) is 0 Å². The number of furan rings is 1. The lowest BCUT2D eigenvalue weighted by Gasteiger charge is -2.29. The number of nitrogens with zero attached hydrogens (tertiary/aromatic N) is 2. The van der Waals surface area contributed by atoms with E-state index in [1.807, 2.05) is 26.0 Å². The third-order valence-corrected chi connectivity index (χ3v) is 4.08. The Morgan fingerprint density at radius 3 is 2.67 bits per heavy atom. The molecular weight excluding hydrogens is 308 g/mol. The Morgan fingerprint density at radius 1 is 1.33 bits per heavy atom. The smallest absolute Gasteiger partial charge is 0.242 e. The molecule has 2 amide bonds. The van der Waals surface area contributed by atoms with Gasteiger partial charge in [-0.15, -0.1) is 0 Å². The molecule has 6 heteroatoms. The van der Waals surface area contributed by atoms with Gasteiger partial charge in [0.15, 0.2) is 0 Å². The zero-order valence-electron chi connectivity index (χ0n) is 14.9. The second-order valence-corrected chi connectivity index (χ2v) is 6.78. The van der Waals surface area contributed by atoms with Crippen LogP contribution < -0.4 is 0 Å². The van der Waals surface area contributed by atoms with Crippen LogP contribution in [-0.2, 0) is 20.9 Å². The fourth-order valence-electron chi connectivity index (χ4n) is 2.89. The molecule has 0 bridgehead atoms. The van der Waals surface area contributed by atoms with Gasteiger partial charge in [0.25, 0.3) is 0 Å². The van der Waals surface area contributed by atoms with E-state index in [4.69, 9.17) is 9.15 Å². The Hall–Kier alpha value is -1.82. The zero-order chi connectivity index (χ0) is 17.5. The van der Waals surface area contributed by atoms with E-state index in [0.29, 0.717) is 25.6 Å². The van der Waals surface area contributed by atoms with Crippen LogP contribution in [0.1, 0.15) is 39.4 Å². The van der Waals surface area contributed by atoms with Gasteiger partial charge in [0, 0.05) is 26.6 Å². The van der Waals surface area contributed by atoms with Crippen molar-refractivity contribution in [1.82, 2.24) is 9.80 Å². The van der Waals surface area contributed by atoms with E-state index in [1.54, 1.807) is 16.1 Å². The summed E-state index contributed by atoms with van der Waals surface area (Å²) in [5, 5.41) is 0. The number of hydrogen-bond donors (Lipinski definition) is 0. The van der Waals surface area contributed by atoms with E-state index < -0.39 is 0 Å². The van der Waals surface area contributed by atoms with Crippen LogP contribution in [0, 0.1) is 5.92 Å². The average Bonchev–Trinajstić information content (AvgIpc) is 3.18. The fraction of sp³-hybridized carbons (Fsp3) is 0.667. The molecule has 0 saturated carbocycles. The van der Waals surface area contributed by atoms with Gasteiger partial charge in [0.1, 0.15) is 5.76 Å². The predicted octanol–water partition coefficient (Wildman–Crippen LogP) is 2.29. The van der Waals surface area contributed by atoms with E-state index in [-0.39, 0.29) is 24.5 Å². The Morgan fingerprint density at radius 2 is 2.12 bits per heavy atom. The number of carbonyl (C=O) groups is 2. The van der Waals surface area contributed by atoms with E-state index in [1.165, 1.54) is 6.92 Å². The Kier molecular flexibility index (Phi) is 6.85. The summed E-state index contributed by atoms with van der Waals surface area (Å²) in [6, 6.07) is 3.66. The molecule has 1 aromatic heterocycles. The first-order chi connectivity index (χ1) is 11.5. The van der Waals surface area contributed by atoms with Crippen molar-refractivity contribution in [3.05, 3.63) is 24.2 Å². The van der Waals surface area contributed by atoms with Crippen molar-refractivity contribution in [2.45, 2.75) is 46.3 Å². The van der Waals surface area contributed by atoms with Crippen LogP contribution in [0.25, 0.3) is 0 Å². The molecule has 134 valence electrons. The zero-order valence-corrected chi connectivity index (χ0v) is 14.9.